The van der Waals surface area contributed by atoms with Crippen LogP contribution < -0.4 is 5.32 Å². The molecule has 0 fully saturated rings. The molecular formula is C24H20ClN3O2. The fraction of sp³-hybridized carbons (Fsp3) is 0.125. The summed E-state index contributed by atoms with van der Waals surface area (Å²) in [7, 11) is 0. The highest BCUT2D eigenvalue weighted by Crippen LogP contribution is 2.24. The van der Waals surface area contributed by atoms with Crippen molar-refractivity contribution < 1.29 is 9.21 Å². The zero-order chi connectivity index (χ0) is 20.8. The average molecular weight is 418 g/mol. The minimum atomic E-state index is -0.433. The molecule has 1 amide bonds. The fourth-order valence-electron chi connectivity index (χ4n) is 3.16. The van der Waals surface area contributed by atoms with E-state index >= 15 is 0 Å². The molecule has 4 aromatic rings. The molecule has 0 aliphatic carbocycles. The maximum absolute atomic E-state index is 12.7. The minimum Gasteiger partial charge on any atom is -0.418 e. The summed E-state index contributed by atoms with van der Waals surface area (Å²) in [6.07, 6.45) is 0.827. The van der Waals surface area contributed by atoms with Crippen LogP contribution in [0.1, 0.15) is 23.1 Å². The molecule has 1 aromatic heterocycles. The van der Waals surface area contributed by atoms with Crippen LogP contribution in [0.4, 0.5) is 0 Å². The van der Waals surface area contributed by atoms with Gasteiger partial charge in [-0.3, -0.25) is 4.79 Å². The summed E-state index contributed by atoms with van der Waals surface area (Å²) < 4.78 is 5.91. The third-order valence-corrected chi connectivity index (χ3v) is 4.91. The maximum atomic E-state index is 12.7. The molecule has 0 aliphatic rings. The number of benzene rings is 3. The smallest absolute Gasteiger partial charge is 0.247 e. The standard InChI is InChI=1S/C24H20ClN3O2/c25-20-13-11-19(12-14-20)23-27-28-24(30-23)21(15-17-7-3-1-4-8-17)26-22(29)16-18-9-5-2-6-10-18/h1-14,21H,15-16H2,(H,26,29). The van der Waals surface area contributed by atoms with Gasteiger partial charge in [0.1, 0.15) is 6.04 Å². The molecule has 1 N–H and O–H groups in total. The van der Waals surface area contributed by atoms with E-state index in [1.165, 1.54) is 0 Å². The third-order valence-electron chi connectivity index (χ3n) is 4.66. The van der Waals surface area contributed by atoms with Gasteiger partial charge in [0.15, 0.2) is 0 Å². The number of carbonyl (C=O) groups is 1. The van der Waals surface area contributed by atoms with Crippen LogP contribution in [0.25, 0.3) is 11.5 Å². The van der Waals surface area contributed by atoms with Gasteiger partial charge in [-0.2, -0.15) is 0 Å². The summed E-state index contributed by atoms with van der Waals surface area (Å²) in [5.41, 5.74) is 2.78. The van der Waals surface area contributed by atoms with Crippen molar-refractivity contribution in [1.82, 2.24) is 15.5 Å². The number of hydrogen-bond donors (Lipinski definition) is 1. The van der Waals surface area contributed by atoms with Crippen LogP contribution in [0.15, 0.2) is 89.3 Å². The Balaban J connectivity index is 1.55. The molecule has 0 spiro atoms. The van der Waals surface area contributed by atoms with E-state index in [1.807, 2.05) is 72.8 Å². The third kappa shape index (κ3) is 5.13. The first-order valence-electron chi connectivity index (χ1n) is 9.64. The summed E-state index contributed by atoms with van der Waals surface area (Å²) in [6.45, 7) is 0. The number of amides is 1. The molecule has 0 saturated heterocycles. The number of nitrogens with zero attached hydrogens (tertiary/aromatic N) is 2. The van der Waals surface area contributed by atoms with Crippen LogP contribution in [0.5, 0.6) is 0 Å². The van der Waals surface area contributed by atoms with Gasteiger partial charge >= 0.3 is 0 Å². The largest absolute Gasteiger partial charge is 0.418 e. The lowest BCUT2D eigenvalue weighted by Gasteiger charge is -2.15. The summed E-state index contributed by atoms with van der Waals surface area (Å²) in [5.74, 6) is 0.649. The Morgan fingerprint density at radius 2 is 1.50 bits per heavy atom. The number of hydrogen-bond acceptors (Lipinski definition) is 4. The van der Waals surface area contributed by atoms with Gasteiger partial charge in [0, 0.05) is 17.0 Å². The van der Waals surface area contributed by atoms with Crippen LogP contribution in [0.2, 0.25) is 5.02 Å². The van der Waals surface area contributed by atoms with Crippen LogP contribution >= 0.6 is 11.6 Å². The van der Waals surface area contributed by atoms with E-state index in [-0.39, 0.29) is 12.3 Å². The molecule has 4 rings (SSSR count). The Morgan fingerprint density at radius 1 is 0.867 bits per heavy atom. The van der Waals surface area contributed by atoms with E-state index in [9.17, 15) is 4.79 Å². The van der Waals surface area contributed by atoms with E-state index < -0.39 is 6.04 Å². The number of rotatable bonds is 7. The quantitative estimate of drug-likeness (QED) is 0.457. The van der Waals surface area contributed by atoms with E-state index in [2.05, 4.69) is 15.5 Å². The van der Waals surface area contributed by atoms with Gasteiger partial charge in [-0.15, -0.1) is 10.2 Å². The van der Waals surface area contributed by atoms with Crippen LogP contribution in [0.3, 0.4) is 0 Å². The van der Waals surface area contributed by atoms with Crippen LogP contribution in [0, 0.1) is 0 Å². The highest BCUT2D eigenvalue weighted by Gasteiger charge is 2.22. The van der Waals surface area contributed by atoms with Gasteiger partial charge in [-0.05, 0) is 35.4 Å². The topological polar surface area (TPSA) is 68.0 Å². The van der Waals surface area contributed by atoms with Crippen molar-refractivity contribution in [3.8, 4) is 11.5 Å². The SMILES string of the molecule is O=C(Cc1ccccc1)NC(Cc1ccccc1)c1nnc(-c2ccc(Cl)cc2)o1. The highest BCUT2D eigenvalue weighted by molar-refractivity contribution is 6.30. The Labute approximate surface area is 179 Å². The number of halogens is 1. The van der Waals surface area contributed by atoms with Crippen molar-refractivity contribution in [2.45, 2.75) is 18.9 Å². The van der Waals surface area contributed by atoms with Crippen molar-refractivity contribution in [3.05, 3.63) is 107 Å². The lowest BCUT2D eigenvalue weighted by atomic mass is 10.1. The molecule has 30 heavy (non-hydrogen) atoms. The van der Waals surface area contributed by atoms with E-state index in [0.29, 0.717) is 23.2 Å². The summed E-state index contributed by atoms with van der Waals surface area (Å²) in [4.78, 5) is 12.7. The lowest BCUT2D eigenvalue weighted by molar-refractivity contribution is -0.121. The van der Waals surface area contributed by atoms with Crippen molar-refractivity contribution in [1.29, 1.82) is 0 Å². The first-order chi connectivity index (χ1) is 14.7. The predicted octanol–water partition coefficient (Wildman–Crippen LogP) is 5.03. The van der Waals surface area contributed by atoms with E-state index in [4.69, 9.17) is 16.0 Å². The van der Waals surface area contributed by atoms with Crippen LogP contribution in [-0.2, 0) is 17.6 Å². The molecule has 5 nitrogen and oxygen atoms in total. The second kappa shape index (κ2) is 9.37. The van der Waals surface area contributed by atoms with Crippen molar-refractivity contribution >= 4 is 17.5 Å². The summed E-state index contributed by atoms with van der Waals surface area (Å²) >= 11 is 5.95. The van der Waals surface area contributed by atoms with Gasteiger partial charge in [-0.1, -0.05) is 72.3 Å². The minimum absolute atomic E-state index is 0.103. The molecule has 1 heterocycles. The molecule has 0 radical (unpaired) electrons. The second-order valence-electron chi connectivity index (χ2n) is 6.92. The van der Waals surface area contributed by atoms with E-state index in [1.54, 1.807) is 12.1 Å². The maximum Gasteiger partial charge on any atom is 0.247 e. The average Bonchev–Trinajstić information content (AvgIpc) is 3.25. The second-order valence-corrected chi connectivity index (χ2v) is 7.36. The summed E-state index contributed by atoms with van der Waals surface area (Å²) in [5, 5.41) is 12.0. The Morgan fingerprint density at radius 3 is 2.17 bits per heavy atom. The van der Waals surface area contributed by atoms with Gasteiger partial charge in [0.05, 0.1) is 6.42 Å². The van der Waals surface area contributed by atoms with E-state index in [0.717, 1.165) is 16.7 Å². The van der Waals surface area contributed by atoms with Gasteiger partial charge in [0.2, 0.25) is 17.7 Å². The van der Waals surface area contributed by atoms with Gasteiger partial charge in [-0.25, -0.2) is 0 Å². The van der Waals surface area contributed by atoms with Crippen molar-refractivity contribution in [2.75, 3.05) is 0 Å². The number of carbonyl (C=O) groups excluding carboxylic acids is 1. The van der Waals surface area contributed by atoms with Crippen molar-refractivity contribution in [3.63, 3.8) is 0 Å². The molecule has 0 bridgehead atoms. The lowest BCUT2D eigenvalue weighted by Crippen LogP contribution is -2.31. The van der Waals surface area contributed by atoms with Crippen LogP contribution in [-0.4, -0.2) is 16.1 Å². The molecular weight excluding hydrogens is 398 g/mol. The monoisotopic (exact) mass is 417 g/mol. The molecule has 0 saturated carbocycles. The van der Waals surface area contributed by atoms with Crippen molar-refractivity contribution in [2.24, 2.45) is 0 Å². The Hall–Kier alpha value is -3.44. The Kier molecular flexibility index (Phi) is 6.20. The molecule has 150 valence electrons. The van der Waals surface area contributed by atoms with Gasteiger partial charge < -0.3 is 9.73 Å². The normalized spacial score (nSPS) is 11.8. The fourth-order valence-corrected chi connectivity index (χ4v) is 3.29. The molecule has 1 atom stereocenters. The summed E-state index contributed by atoms with van der Waals surface area (Å²) in [6, 6.07) is 26.3. The first kappa shape index (κ1) is 19.9. The number of aromatic nitrogens is 2. The molecule has 0 aliphatic heterocycles. The Bertz CT molecular complexity index is 1100. The zero-order valence-electron chi connectivity index (χ0n) is 16.2. The number of nitrogens with one attached hydrogen (secondary N) is 1. The predicted molar refractivity (Wildman–Crippen MR) is 116 cm³/mol. The highest BCUT2D eigenvalue weighted by atomic mass is 35.5. The molecule has 3 aromatic carbocycles. The molecule has 1 unspecified atom stereocenters. The first-order valence-corrected chi connectivity index (χ1v) is 10.0. The zero-order valence-corrected chi connectivity index (χ0v) is 16.9. The van der Waals surface area contributed by atoms with Gasteiger partial charge in [0.25, 0.3) is 0 Å². The molecule has 6 heteroatoms.